The van der Waals surface area contributed by atoms with Gasteiger partial charge in [0.25, 0.3) is 0 Å². The van der Waals surface area contributed by atoms with E-state index in [0.29, 0.717) is 13.2 Å². The maximum Gasteiger partial charge on any atom is 0.490 e. The van der Waals surface area contributed by atoms with Crippen LogP contribution in [0, 0.1) is 0 Å². The van der Waals surface area contributed by atoms with Crippen molar-refractivity contribution in [2.24, 2.45) is 0 Å². The van der Waals surface area contributed by atoms with Gasteiger partial charge in [-0.05, 0) is 6.92 Å². The lowest BCUT2D eigenvalue weighted by atomic mass is 10.6. The number of esters is 1. The van der Waals surface area contributed by atoms with Crippen LogP contribution in [0.2, 0.25) is 0 Å². The highest BCUT2D eigenvalue weighted by atomic mass is 19.4. The van der Waals surface area contributed by atoms with Gasteiger partial charge >= 0.3 is 12.1 Å². The van der Waals surface area contributed by atoms with Gasteiger partial charge in [-0.25, -0.2) is 4.79 Å². The molecule has 15 heavy (non-hydrogen) atoms. The molecule has 0 aromatic rings. The Kier molecular flexibility index (Phi) is 7.06. The summed E-state index contributed by atoms with van der Waals surface area (Å²) < 4.78 is 48.4. The van der Waals surface area contributed by atoms with Crippen molar-refractivity contribution < 1.29 is 32.2 Å². The van der Waals surface area contributed by atoms with E-state index in [2.05, 4.69) is 4.74 Å². The van der Waals surface area contributed by atoms with Crippen molar-refractivity contribution in [3.8, 4) is 0 Å². The zero-order valence-corrected chi connectivity index (χ0v) is 8.30. The minimum atomic E-state index is -4.94. The maximum atomic E-state index is 11.6. The molecule has 0 rings (SSSR count). The summed E-state index contributed by atoms with van der Waals surface area (Å²) in [7, 11) is 0. The first-order valence-electron chi connectivity index (χ1n) is 4.38. The Labute approximate surface area is 85.3 Å². The minimum absolute atomic E-state index is 0.0745. The highest BCUT2D eigenvalue weighted by Gasteiger charge is 2.40. The Bertz CT molecular complexity index is 181. The van der Waals surface area contributed by atoms with Crippen LogP contribution < -0.4 is 0 Å². The van der Waals surface area contributed by atoms with Gasteiger partial charge in [0, 0.05) is 6.61 Å². The lowest BCUT2D eigenvalue weighted by Crippen LogP contribution is -2.26. The van der Waals surface area contributed by atoms with Crippen molar-refractivity contribution in [3.05, 3.63) is 0 Å². The summed E-state index contributed by atoms with van der Waals surface area (Å²) in [5.74, 6) is -2.20. The van der Waals surface area contributed by atoms with Crippen LogP contribution in [0.1, 0.15) is 6.92 Å². The van der Waals surface area contributed by atoms with E-state index in [0.717, 1.165) is 0 Å². The van der Waals surface area contributed by atoms with Crippen LogP contribution in [0.15, 0.2) is 0 Å². The SMILES string of the molecule is CCOCCOCCOC(=O)C(F)(F)F. The van der Waals surface area contributed by atoms with Gasteiger partial charge in [0.2, 0.25) is 0 Å². The summed E-state index contributed by atoms with van der Waals surface area (Å²) in [6, 6.07) is 0. The van der Waals surface area contributed by atoms with Gasteiger partial charge in [0.1, 0.15) is 6.61 Å². The van der Waals surface area contributed by atoms with Crippen molar-refractivity contribution in [1.29, 1.82) is 0 Å². The van der Waals surface area contributed by atoms with Crippen molar-refractivity contribution >= 4 is 5.97 Å². The Hall–Kier alpha value is -0.820. The van der Waals surface area contributed by atoms with Crippen LogP contribution in [0.25, 0.3) is 0 Å². The Balaban J connectivity index is 3.28. The van der Waals surface area contributed by atoms with Crippen LogP contribution in [-0.4, -0.2) is 45.2 Å². The number of hydrogen-bond donors (Lipinski definition) is 0. The van der Waals surface area contributed by atoms with E-state index in [9.17, 15) is 18.0 Å². The van der Waals surface area contributed by atoms with Gasteiger partial charge < -0.3 is 14.2 Å². The maximum absolute atomic E-state index is 11.6. The normalized spacial score (nSPS) is 11.5. The molecule has 0 radical (unpaired) electrons. The molecule has 90 valence electrons. The second-order valence-corrected chi connectivity index (χ2v) is 2.44. The molecule has 0 atom stereocenters. The summed E-state index contributed by atoms with van der Waals surface area (Å²) in [5.41, 5.74) is 0. The third-order valence-corrected chi connectivity index (χ3v) is 1.27. The fourth-order valence-electron chi connectivity index (χ4n) is 0.639. The van der Waals surface area contributed by atoms with Gasteiger partial charge in [-0.1, -0.05) is 0 Å². The van der Waals surface area contributed by atoms with Crippen LogP contribution in [-0.2, 0) is 19.0 Å². The highest BCUT2D eigenvalue weighted by Crippen LogP contribution is 2.15. The smallest absolute Gasteiger partial charge is 0.457 e. The number of carbonyl (C=O) groups is 1. The van der Waals surface area contributed by atoms with Crippen LogP contribution in [0.4, 0.5) is 13.2 Å². The quantitative estimate of drug-likeness (QED) is 0.486. The minimum Gasteiger partial charge on any atom is -0.457 e. The zero-order valence-electron chi connectivity index (χ0n) is 8.30. The van der Waals surface area contributed by atoms with Gasteiger partial charge in [0.15, 0.2) is 0 Å². The fourth-order valence-corrected chi connectivity index (χ4v) is 0.639. The first-order valence-corrected chi connectivity index (χ1v) is 4.38. The van der Waals surface area contributed by atoms with Crippen molar-refractivity contribution in [3.63, 3.8) is 0 Å². The number of halogens is 3. The lowest BCUT2D eigenvalue weighted by molar-refractivity contribution is -0.200. The number of ether oxygens (including phenoxy) is 3. The summed E-state index contributed by atoms with van der Waals surface area (Å²) in [6.07, 6.45) is -4.94. The molecule has 0 aliphatic carbocycles. The molecule has 0 bridgehead atoms. The first kappa shape index (κ1) is 14.2. The molecule has 0 aliphatic heterocycles. The number of rotatable bonds is 7. The molecule has 0 heterocycles. The predicted octanol–water partition coefficient (Wildman–Crippen LogP) is 1.15. The van der Waals surface area contributed by atoms with E-state index in [-0.39, 0.29) is 13.2 Å². The molecule has 0 unspecified atom stereocenters. The van der Waals surface area contributed by atoms with Crippen LogP contribution in [0.5, 0.6) is 0 Å². The van der Waals surface area contributed by atoms with E-state index in [1.54, 1.807) is 0 Å². The Morgan fingerprint density at radius 3 is 2.13 bits per heavy atom. The summed E-state index contributed by atoms with van der Waals surface area (Å²) in [6.45, 7) is 2.50. The van der Waals surface area contributed by atoms with Crippen molar-refractivity contribution in [2.75, 3.05) is 33.0 Å². The second-order valence-electron chi connectivity index (χ2n) is 2.44. The van der Waals surface area contributed by atoms with Gasteiger partial charge in [-0.3, -0.25) is 0 Å². The average Bonchev–Trinajstić information content (AvgIpc) is 2.14. The molecule has 0 fully saturated rings. The van der Waals surface area contributed by atoms with Gasteiger partial charge in [-0.2, -0.15) is 13.2 Å². The van der Waals surface area contributed by atoms with E-state index in [4.69, 9.17) is 9.47 Å². The third-order valence-electron chi connectivity index (χ3n) is 1.27. The van der Waals surface area contributed by atoms with Gasteiger partial charge in [0.05, 0.1) is 19.8 Å². The zero-order chi connectivity index (χ0) is 11.7. The molecule has 0 spiro atoms. The van der Waals surface area contributed by atoms with Crippen molar-refractivity contribution in [2.45, 2.75) is 13.1 Å². The van der Waals surface area contributed by atoms with E-state index in [1.807, 2.05) is 6.92 Å². The molecule has 0 saturated heterocycles. The van der Waals surface area contributed by atoms with Gasteiger partial charge in [-0.15, -0.1) is 0 Å². The molecular formula is C8H13F3O4. The van der Waals surface area contributed by atoms with Crippen LogP contribution in [0.3, 0.4) is 0 Å². The Morgan fingerprint density at radius 2 is 1.60 bits per heavy atom. The fraction of sp³-hybridized carbons (Fsp3) is 0.875. The first-order chi connectivity index (χ1) is 6.98. The predicted molar refractivity (Wildman–Crippen MR) is 44.3 cm³/mol. The number of carbonyl (C=O) groups excluding carboxylic acids is 1. The van der Waals surface area contributed by atoms with Crippen molar-refractivity contribution in [1.82, 2.24) is 0 Å². The average molecular weight is 230 g/mol. The molecule has 0 N–H and O–H groups in total. The summed E-state index contributed by atoms with van der Waals surface area (Å²) in [5, 5.41) is 0. The second kappa shape index (κ2) is 7.47. The van der Waals surface area contributed by atoms with E-state index >= 15 is 0 Å². The van der Waals surface area contributed by atoms with Crippen LogP contribution >= 0.6 is 0 Å². The highest BCUT2D eigenvalue weighted by molar-refractivity contribution is 5.75. The number of alkyl halides is 3. The molecule has 7 heteroatoms. The molecule has 0 aromatic heterocycles. The standard InChI is InChI=1S/C8H13F3O4/c1-2-13-3-4-14-5-6-15-7(12)8(9,10)11/h2-6H2,1H3. The topological polar surface area (TPSA) is 44.8 Å². The molecule has 0 saturated carbocycles. The molecule has 0 amide bonds. The Morgan fingerprint density at radius 1 is 1.07 bits per heavy atom. The summed E-state index contributed by atoms with van der Waals surface area (Å²) >= 11 is 0. The lowest BCUT2D eigenvalue weighted by Gasteiger charge is -2.07. The number of hydrogen-bond acceptors (Lipinski definition) is 4. The summed E-state index contributed by atoms with van der Waals surface area (Å²) in [4.78, 5) is 10.2. The largest absolute Gasteiger partial charge is 0.490 e. The molecule has 0 aromatic carbocycles. The monoisotopic (exact) mass is 230 g/mol. The third kappa shape index (κ3) is 8.19. The molecular weight excluding hydrogens is 217 g/mol. The molecule has 4 nitrogen and oxygen atoms in total. The van der Waals surface area contributed by atoms with E-state index < -0.39 is 18.8 Å². The molecule has 0 aliphatic rings. The van der Waals surface area contributed by atoms with E-state index in [1.165, 1.54) is 0 Å².